The van der Waals surface area contributed by atoms with E-state index < -0.39 is 18.0 Å². The molecule has 3 aromatic carbocycles. The van der Waals surface area contributed by atoms with Crippen molar-refractivity contribution in [1.29, 1.82) is 0 Å². The molecule has 1 aliphatic carbocycles. The average molecular weight is 731 g/mol. The van der Waals surface area contributed by atoms with E-state index in [4.69, 9.17) is 0 Å². The van der Waals surface area contributed by atoms with E-state index in [2.05, 4.69) is 26.3 Å². The minimum Gasteiger partial charge on any atom is -0.505 e. The SMILES string of the molecule is CCCC(=O)NC(c1cccc(C(=O)NC2CCC(CNc3cccc4c3CN(C3CCC(=O)NC3=O)C4=O)CC2)c1)c1cc(C)c2cccnc2c1O. The van der Waals surface area contributed by atoms with Crippen LogP contribution in [-0.4, -0.2) is 63.2 Å². The van der Waals surface area contributed by atoms with Crippen molar-refractivity contribution in [3.63, 3.8) is 0 Å². The molecule has 3 aliphatic rings. The van der Waals surface area contributed by atoms with Gasteiger partial charge in [-0.25, -0.2) is 0 Å². The van der Waals surface area contributed by atoms with Crippen LogP contribution in [0.2, 0.25) is 0 Å². The molecule has 12 heteroatoms. The molecule has 280 valence electrons. The molecule has 2 atom stereocenters. The number of imide groups is 1. The van der Waals surface area contributed by atoms with E-state index in [1.54, 1.807) is 35.4 Å². The highest BCUT2D eigenvalue weighted by Gasteiger charge is 2.40. The maximum atomic E-state index is 13.6. The summed E-state index contributed by atoms with van der Waals surface area (Å²) < 4.78 is 0. The number of nitrogens with zero attached hydrogens (tertiary/aromatic N) is 2. The second kappa shape index (κ2) is 15.7. The lowest BCUT2D eigenvalue weighted by atomic mass is 9.85. The van der Waals surface area contributed by atoms with Crippen LogP contribution in [0.1, 0.15) is 107 Å². The first kappa shape index (κ1) is 36.6. The Bertz CT molecular complexity index is 2130. The standard InChI is InChI=1S/C42H46N6O6/c1-3-7-35(49)46-37(31-20-24(2)29-11-6-19-43-38(29)39(31)51)26-8-4-9-27(21-26)40(52)45-28-15-13-25(14-16-28)22-44-33-12-5-10-30-32(33)23-48(42(30)54)34-17-18-36(50)47-41(34)53/h4-6,8-12,19-21,25,28,34,37,44,51H,3,7,13-18,22-23H2,1-2H3,(H,45,52)(H,46,49)(H,47,50,53). The summed E-state index contributed by atoms with van der Waals surface area (Å²) in [7, 11) is 0. The van der Waals surface area contributed by atoms with Gasteiger partial charge in [0.2, 0.25) is 17.7 Å². The Labute approximate surface area is 314 Å². The van der Waals surface area contributed by atoms with Gasteiger partial charge in [0, 0.05) is 71.5 Å². The van der Waals surface area contributed by atoms with Crippen LogP contribution in [0.25, 0.3) is 10.9 Å². The third kappa shape index (κ3) is 7.50. The second-order valence-corrected chi connectivity index (χ2v) is 14.7. The maximum absolute atomic E-state index is 13.6. The van der Waals surface area contributed by atoms with Gasteiger partial charge in [-0.1, -0.05) is 31.2 Å². The summed E-state index contributed by atoms with van der Waals surface area (Å²) in [5, 5.41) is 24.4. The van der Waals surface area contributed by atoms with Crippen molar-refractivity contribution < 1.29 is 29.1 Å². The van der Waals surface area contributed by atoms with Crippen LogP contribution < -0.4 is 21.3 Å². The third-order valence-corrected chi connectivity index (χ3v) is 11.0. The zero-order valence-corrected chi connectivity index (χ0v) is 30.6. The van der Waals surface area contributed by atoms with Crippen LogP contribution in [-0.2, 0) is 20.9 Å². The van der Waals surface area contributed by atoms with Gasteiger partial charge in [-0.05, 0) is 98.9 Å². The van der Waals surface area contributed by atoms with Crippen LogP contribution in [0, 0.1) is 12.8 Å². The number of aromatic nitrogens is 1. The van der Waals surface area contributed by atoms with E-state index >= 15 is 0 Å². The summed E-state index contributed by atoms with van der Waals surface area (Å²) in [6.07, 6.45) is 6.63. The Morgan fingerprint density at radius 3 is 2.57 bits per heavy atom. The molecular weight excluding hydrogens is 684 g/mol. The van der Waals surface area contributed by atoms with E-state index in [1.165, 1.54) is 0 Å². The van der Waals surface area contributed by atoms with Gasteiger partial charge < -0.3 is 26.0 Å². The molecule has 2 unspecified atom stereocenters. The molecule has 0 spiro atoms. The van der Waals surface area contributed by atoms with E-state index in [9.17, 15) is 29.1 Å². The first-order valence-corrected chi connectivity index (χ1v) is 18.9. The predicted octanol–water partition coefficient (Wildman–Crippen LogP) is 5.42. The van der Waals surface area contributed by atoms with Crippen molar-refractivity contribution in [2.24, 2.45) is 5.92 Å². The van der Waals surface area contributed by atoms with Crippen LogP contribution >= 0.6 is 0 Å². The van der Waals surface area contributed by atoms with Crippen LogP contribution in [0.5, 0.6) is 5.75 Å². The van der Waals surface area contributed by atoms with Crippen LogP contribution in [0.3, 0.4) is 0 Å². The summed E-state index contributed by atoms with van der Waals surface area (Å²) in [4.78, 5) is 69.9. The van der Waals surface area contributed by atoms with Gasteiger partial charge in [0.1, 0.15) is 17.3 Å². The number of carbonyl (C=O) groups excluding carboxylic acids is 5. The number of nitrogens with one attached hydrogen (secondary N) is 4. The van der Waals surface area contributed by atoms with E-state index in [0.29, 0.717) is 66.0 Å². The number of aromatic hydroxyl groups is 1. The number of hydrogen-bond acceptors (Lipinski definition) is 8. The Hall–Kier alpha value is -5.78. The summed E-state index contributed by atoms with van der Waals surface area (Å²) in [6.45, 7) is 4.91. The summed E-state index contributed by atoms with van der Waals surface area (Å²) in [6, 6.07) is 17.0. The molecule has 5 N–H and O–H groups in total. The fourth-order valence-corrected chi connectivity index (χ4v) is 8.09. The first-order valence-electron chi connectivity index (χ1n) is 18.9. The lowest BCUT2D eigenvalue weighted by Gasteiger charge is -2.30. The summed E-state index contributed by atoms with van der Waals surface area (Å²) in [5.74, 6) is -0.895. The van der Waals surface area contributed by atoms with Gasteiger partial charge in [-0.2, -0.15) is 0 Å². The molecule has 5 amide bonds. The molecule has 0 radical (unpaired) electrons. The Morgan fingerprint density at radius 1 is 1.00 bits per heavy atom. The topological polar surface area (TPSA) is 170 Å². The minimum absolute atomic E-state index is 0.00144. The van der Waals surface area contributed by atoms with E-state index in [1.807, 2.05) is 50.2 Å². The number of anilines is 1. The van der Waals surface area contributed by atoms with E-state index in [0.717, 1.165) is 47.9 Å². The molecule has 12 nitrogen and oxygen atoms in total. The molecule has 2 fully saturated rings. The van der Waals surface area contributed by atoms with E-state index in [-0.39, 0.29) is 41.8 Å². The maximum Gasteiger partial charge on any atom is 0.255 e. The molecule has 0 bridgehead atoms. The Kier molecular flexibility index (Phi) is 10.6. The lowest BCUT2D eigenvalue weighted by molar-refractivity contribution is -0.137. The molecule has 4 aromatic rings. The fraction of sp³-hybridized carbons (Fsp3) is 0.381. The van der Waals surface area contributed by atoms with Gasteiger partial charge in [-0.3, -0.25) is 34.3 Å². The van der Waals surface area contributed by atoms with Crippen molar-refractivity contribution in [2.45, 2.75) is 89.9 Å². The number of aryl methyl sites for hydroxylation is 1. The Balaban J connectivity index is 0.976. The monoisotopic (exact) mass is 730 g/mol. The second-order valence-electron chi connectivity index (χ2n) is 14.7. The number of carbonyl (C=O) groups is 5. The molecule has 3 heterocycles. The largest absolute Gasteiger partial charge is 0.505 e. The number of fused-ring (bicyclic) bond motifs is 2. The van der Waals surface area contributed by atoms with Crippen LogP contribution in [0.15, 0.2) is 66.9 Å². The van der Waals surface area contributed by atoms with Crippen molar-refractivity contribution in [1.82, 2.24) is 25.8 Å². The Morgan fingerprint density at radius 2 is 1.80 bits per heavy atom. The molecule has 1 aromatic heterocycles. The first-order chi connectivity index (χ1) is 26.1. The van der Waals surface area contributed by atoms with Gasteiger partial charge in [0.05, 0.1) is 6.04 Å². The van der Waals surface area contributed by atoms with Crippen molar-refractivity contribution in [3.8, 4) is 5.75 Å². The quantitative estimate of drug-likeness (QED) is 0.128. The average Bonchev–Trinajstić information content (AvgIpc) is 3.51. The summed E-state index contributed by atoms with van der Waals surface area (Å²) in [5.41, 5.74) is 5.37. The van der Waals surface area contributed by atoms with Crippen molar-refractivity contribution in [2.75, 3.05) is 11.9 Å². The molecule has 1 saturated heterocycles. The van der Waals surface area contributed by atoms with Gasteiger partial charge >= 0.3 is 0 Å². The highest BCUT2D eigenvalue weighted by atomic mass is 16.3. The highest BCUT2D eigenvalue weighted by molar-refractivity contribution is 6.06. The zero-order chi connectivity index (χ0) is 37.9. The fourth-order valence-electron chi connectivity index (χ4n) is 8.09. The molecule has 54 heavy (non-hydrogen) atoms. The number of amides is 5. The smallest absolute Gasteiger partial charge is 0.255 e. The number of benzene rings is 3. The van der Waals surface area contributed by atoms with Crippen molar-refractivity contribution in [3.05, 3.63) is 100 Å². The third-order valence-electron chi connectivity index (χ3n) is 11.0. The molecule has 7 rings (SSSR count). The molecular formula is C42H46N6O6. The highest BCUT2D eigenvalue weighted by Crippen LogP contribution is 2.37. The zero-order valence-electron chi connectivity index (χ0n) is 30.6. The van der Waals surface area contributed by atoms with Gasteiger partial charge in [0.25, 0.3) is 11.8 Å². The molecule has 2 aliphatic heterocycles. The summed E-state index contributed by atoms with van der Waals surface area (Å²) >= 11 is 0. The number of phenolic OH excluding ortho intramolecular Hbond substituents is 1. The number of hydrogen-bond donors (Lipinski definition) is 5. The van der Waals surface area contributed by atoms with Gasteiger partial charge in [0.15, 0.2) is 0 Å². The lowest BCUT2D eigenvalue weighted by Crippen LogP contribution is -2.52. The van der Waals surface area contributed by atoms with Crippen molar-refractivity contribution >= 4 is 46.1 Å². The number of rotatable bonds is 11. The number of piperidine rings is 1. The minimum atomic E-state index is -0.686. The predicted molar refractivity (Wildman–Crippen MR) is 204 cm³/mol. The normalized spacial score (nSPS) is 20.3. The molecule has 1 saturated carbocycles. The van der Waals surface area contributed by atoms with Gasteiger partial charge in [-0.15, -0.1) is 0 Å². The number of pyridine rings is 1. The van der Waals surface area contributed by atoms with Crippen LogP contribution in [0.4, 0.5) is 5.69 Å². The number of phenols is 1.